The molecule has 0 aliphatic carbocycles. The quantitative estimate of drug-likeness (QED) is 0.856. The van der Waals surface area contributed by atoms with E-state index in [4.69, 9.17) is 0 Å². The zero-order valence-corrected chi connectivity index (χ0v) is 13.9. The molecule has 5 nitrogen and oxygen atoms in total. The van der Waals surface area contributed by atoms with Gasteiger partial charge in [-0.15, -0.1) is 11.3 Å². The third-order valence-corrected chi connectivity index (χ3v) is 6.50. The predicted molar refractivity (Wildman–Crippen MR) is 82.6 cm³/mol. The monoisotopic (exact) mass is 317 g/mol. The normalized spacial score (nSPS) is 20.9. The second-order valence-electron chi connectivity index (χ2n) is 5.45. The summed E-state index contributed by atoms with van der Waals surface area (Å²) in [5, 5.41) is 4.81. The van der Waals surface area contributed by atoms with Gasteiger partial charge in [-0.25, -0.2) is 8.42 Å². The molecular weight excluding hydrogens is 294 g/mol. The number of nitrogens with zero attached hydrogens (tertiary/aromatic N) is 2. The summed E-state index contributed by atoms with van der Waals surface area (Å²) in [6.07, 6.45) is 1.90. The molecular formula is C13H23N3O2S2. The Hall–Kier alpha value is -0.470. The highest BCUT2D eigenvalue weighted by Gasteiger charge is 2.35. The van der Waals surface area contributed by atoms with Gasteiger partial charge in [-0.1, -0.05) is 0 Å². The summed E-state index contributed by atoms with van der Waals surface area (Å²) in [5.74, 6) is 0. The topological polar surface area (TPSA) is 52.7 Å². The number of rotatable bonds is 6. The van der Waals surface area contributed by atoms with Crippen LogP contribution in [0.3, 0.4) is 0 Å². The van der Waals surface area contributed by atoms with E-state index in [-0.39, 0.29) is 6.04 Å². The standard InChI is InChI=1S/C13H23N3O2S2/c1-14-8-12-7-13(10-19-12)20(17,18)16-6-4-5-11(16)9-15(2)3/h7,10-11,14H,4-6,8-9H2,1-3H3. The van der Waals surface area contributed by atoms with Crippen molar-refractivity contribution in [2.75, 3.05) is 34.2 Å². The molecule has 2 rings (SSSR count). The van der Waals surface area contributed by atoms with E-state index in [0.29, 0.717) is 18.0 Å². The van der Waals surface area contributed by atoms with Crippen LogP contribution in [0.15, 0.2) is 16.3 Å². The van der Waals surface area contributed by atoms with Gasteiger partial charge in [-0.2, -0.15) is 4.31 Å². The van der Waals surface area contributed by atoms with Crippen molar-refractivity contribution in [2.24, 2.45) is 0 Å². The smallest absolute Gasteiger partial charge is 0.244 e. The van der Waals surface area contributed by atoms with Gasteiger partial charge in [0.1, 0.15) is 0 Å². The number of nitrogens with one attached hydrogen (secondary N) is 1. The molecule has 114 valence electrons. The first kappa shape index (κ1) is 15.9. The molecule has 2 heterocycles. The molecule has 0 saturated carbocycles. The maximum absolute atomic E-state index is 12.7. The summed E-state index contributed by atoms with van der Waals surface area (Å²) in [5.41, 5.74) is 0. The van der Waals surface area contributed by atoms with Gasteiger partial charge in [0.15, 0.2) is 0 Å². The molecule has 1 N–H and O–H groups in total. The minimum Gasteiger partial charge on any atom is -0.315 e. The summed E-state index contributed by atoms with van der Waals surface area (Å²) in [7, 11) is 2.49. The van der Waals surface area contributed by atoms with Gasteiger partial charge in [-0.3, -0.25) is 0 Å². The summed E-state index contributed by atoms with van der Waals surface area (Å²) in [6, 6.07) is 1.89. The molecule has 1 aromatic rings. The summed E-state index contributed by atoms with van der Waals surface area (Å²) in [6.45, 7) is 2.13. The molecule has 20 heavy (non-hydrogen) atoms. The molecule has 0 bridgehead atoms. The van der Waals surface area contributed by atoms with E-state index in [9.17, 15) is 8.42 Å². The predicted octanol–water partition coefficient (Wildman–Crippen LogP) is 1.18. The molecule has 1 unspecified atom stereocenters. The lowest BCUT2D eigenvalue weighted by atomic mass is 10.2. The average Bonchev–Trinajstić information content (AvgIpc) is 2.98. The Kier molecular flexibility index (Phi) is 5.19. The van der Waals surface area contributed by atoms with Crippen molar-refractivity contribution in [3.05, 3.63) is 16.3 Å². The van der Waals surface area contributed by atoms with Crippen molar-refractivity contribution >= 4 is 21.4 Å². The van der Waals surface area contributed by atoms with Crippen molar-refractivity contribution < 1.29 is 8.42 Å². The number of thiophene rings is 1. The highest BCUT2D eigenvalue weighted by molar-refractivity contribution is 7.89. The lowest BCUT2D eigenvalue weighted by Crippen LogP contribution is -2.41. The van der Waals surface area contributed by atoms with Crippen LogP contribution in [0.1, 0.15) is 17.7 Å². The largest absolute Gasteiger partial charge is 0.315 e. The molecule has 1 aliphatic rings. The van der Waals surface area contributed by atoms with Crippen LogP contribution in [-0.2, 0) is 16.6 Å². The fourth-order valence-corrected chi connectivity index (χ4v) is 5.59. The Morgan fingerprint density at radius 2 is 2.25 bits per heavy atom. The molecule has 0 radical (unpaired) electrons. The second kappa shape index (κ2) is 6.53. The average molecular weight is 317 g/mol. The fraction of sp³-hybridized carbons (Fsp3) is 0.692. The first-order chi connectivity index (χ1) is 9.45. The highest BCUT2D eigenvalue weighted by atomic mass is 32.2. The molecule has 1 aliphatic heterocycles. The van der Waals surface area contributed by atoms with Crippen LogP contribution in [0, 0.1) is 0 Å². The molecule has 1 fully saturated rings. The van der Waals surface area contributed by atoms with Crippen LogP contribution in [0.25, 0.3) is 0 Å². The molecule has 7 heteroatoms. The number of hydrogen-bond donors (Lipinski definition) is 1. The Bertz CT molecular complexity index is 540. The lowest BCUT2D eigenvalue weighted by Gasteiger charge is -2.26. The highest BCUT2D eigenvalue weighted by Crippen LogP contribution is 2.29. The van der Waals surface area contributed by atoms with Crippen molar-refractivity contribution in [2.45, 2.75) is 30.3 Å². The van der Waals surface area contributed by atoms with Crippen LogP contribution in [0.2, 0.25) is 0 Å². The van der Waals surface area contributed by atoms with Gasteiger partial charge in [0.05, 0.1) is 4.90 Å². The molecule has 0 amide bonds. The Labute approximate surface area is 125 Å². The van der Waals surface area contributed by atoms with E-state index in [1.165, 1.54) is 11.3 Å². The van der Waals surface area contributed by atoms with Gasteiger partial charge in [0, 0.05) is 35.9 Å². The van der Waals surface area contributed by atoms with E-state index in [2.05, 4.69) is 10.2 Å². The number of hydrogen-bond acceptors (Lipinski definition) is 5. The minimum absolute atomic E-state index is 0.0997. The van der Waals surface area contributed by atoms with E-state index in [1.54, 1.807) is 15.8 Å². The Balaban J connectivity index is 2.19. The van der Waals surface area contributed by atoms with Crippen molar-refractivity contribution in [3.8, 4) is 0 Å². The lowest BCUT2D eigenvalue weighted by molar-refractivity contribution is 0.291. The van der Waals surface area contributed by atoms with Crippen LogP contribution in [0.4, 0.5) is 0 Å². The summed E-state index contributed by atoms with van der Waals surface area (Å²) < 4.78 is 27.2. The first-order valence-corrected chi connectivity index (χ1v) is 9.15. The summed E-state index contributed by atoms with van der Waals surface area (Å²) in [4.78, 5) is 3.55. The molecule has 1 aromatic heterocycles. The van der Waals surface area contributed by atoms with Crippen molar-refractivity contribution in [1.82, 2.24) is 14.5 Å². The zero-order valence-electron chi connectivity index (χ0n) is 12.3. The van der Waals surface area contributed by atoms with Crippen molar-refractivity contribution in [1.29, 1.82) is 0 Å². The molecule has 0 aromatic carbocycles. The number of likely N-dealkylation sites (N-methyl/N-ethyl adjacent to an activating group) is 1. The maximum Gasteiger partial charge on any atom is 0.244 e. The van der Waals surface area contributed by atoms with Crippen LogP contribution >= 0.6 is 11.3 Å². The van der Waals surface area contributed by atoms with E-state index < -0.39 is 10.0 Å². The maximum atomic E-state index is 12.7. The zero-order chi connectivity index (χ0) is 14.8. The van der Waals surface area contributed by atoms with Gasteiger partial charge in [0.25, 0.3) is 0 Å². The minimum atomic E-state index is -3.34. The summed E-state index contributed by atoms with van der Waals surface area (Å²) >= 11 is 1.50. The van der Waals surface area contributed by atoms with Crippen LogP contribution in [0.5, 0.6) is 0 Å². The third-order valence-electron chi connectivity index (χ3n) is 3.49. The molecule has 1 saturated heterocycles. The van der Waals surface area contributed by atoms with Crippen molar-refractivity contribution in [3.63, 3.8) is 0 Å². The van der Waals surface area contributed by atoms with Crippen LogP contribution in [-0.4, -0.2) is 57.9 Å². The van der Waals surface area contributed by atoms with Gasteiger partial charge >= 0.3 is 0 Å². The Morgan fingerprint density at radius 3 is 2.90 bits per heavy atom. The fourth-order valence-electron chi connectivity index (χ4n) is 2.63. The van der Waals surface area contributed by atoms with Crippen LogP contribution < -0.4 is 5.32 Å². The van der Waals surface area contributed by atoms with Gasteiger partial charge in [-0.05, 0) is 40.1 Å². The SMILES string of the molecule is CNCc1cc(S(=O)(=O)N2CCCC2CN(C)C)cs1. The van der Waals surface area contributed by atoms with E-state index in [1.807, 2.05) is 21.1 Å². The molecule has 1 atom stereocenters. The number of sulfonamides is 1. The molecule has 0 spiro atoms. The van der Waals surface area contributed by atoms with Gasteiger partial charge in [0.2, 0.25) is 10.0 Å². The van der Waals surface area contributed by atoms with E-state index in [0.717, 1.165) is 24.3 Å². The third kappa shape index (κ3) is 3.40. The second-order valence-corrected chi connectivity index (χ2v) is 8.34. The first-order valence-electron chi connectivity index (χ1n) is 6.83. The van der Waals surface area contributed by atoms with Gasteiger partial charge < -0.3 is 10.2 Å². The Morgan fingerprint density at radius 1 is 1.50 bits per heavy atom. The van der Waals surface area contributed by atoms with E-state index >= 15 is 0 Å².